The fourth-order valence-electron chi connectivity index (χ4n) is 3.18. The molecule has 1 aromatic heterocycles. The van der Waals surface area contributed by atoms with Crippen LogP contribution in [0.2, 0.25) is 0 Å². The van der Waals surface area contributed by atoms with Gasteiger partial charge in [0.15, 0.2) is 0 Å². The zero-order chi connectivity index (χ0) is 13.1. The predicted molar refractivity (Wildman–Crippen MR) is 77.4 cm³/mol. The molecule has 104 valence electrons. The van der Waals surface area contributed by atoms with E-state index in [1.165, 1.54) is 36.9 Å². The van der Waals surface area contributed by atoms with E-state index in [0.717, 1.165) is 38.3 Å². The SMILES string of the molecule is CC1(CNc2ncnc3c2CCCC3)CCNCC1. The zero-order valence-electron chi connectivity index (χ0n) is 11.8. The molecule has 0 radical (unpaired) electrons. The summed E-state index contributed by atoms with van der Waals surface area (Å²) in [5.41, 5.74) is 3.03. The van der Waals surface area contributed by atoms with Crippen LogP contribution in [0, 0.1) is 5.41 Å². The topological polar surface area (TPSA) is 49.8 Å². The van der Waals surface area contributed by atoms with Crippen LogP contribution in [0.3, 0.4) is 0 Å². The largest absolute Gasteiger partial charge is 0.369 e. The monoisotopic (exact) mass is 260 g/mol. The second-order valence-corrected chi connectivity index (χ2v) is 6.27. The van der Waals surface area contributed by atoms with Crippen LogP contribution in [0.25, 0.3) is 0 Å². The minimum absolute atomic E-state index is 0.401. The molecule has 4 heteroatoms. The molecular weight excluding hydrogens is 236 g/mol. The van der Waals surface area contributed by atoms with Crippen molar-refractivity contribution in [1.82, 2.24) is 15.3 Å². The standard InChI is InChI=1S/C15H24N4/c1-15(6-8-16-9-7-15)10-17-14-12-4-2-3-5-13(12)18-11-19-14/h11,16H,2-10H2,1H3,(H,17,18,19). The number of aromatic nitrogens is 2. The molecule has 1 aromatic rings. The number of rotatable bonds is 3. The van der Waals surface area contributed by atoms with E-state index in [0.29, 0.717) is 5.41 Å². The van der Waals surface area contributed by atoms with E-state index in [1.807, 2.05) is 0 Å². The number of fused-ring (bicyclic) bond motifs is 1. The molecule has 1 saturated heterocycles. The van der Waals surface area contributed by atoms with Gasteiger partial charge in [0.25, 0.3) is 0 Å². The Morgan fingerprint density at radius 3 is 2.84 bits per heavy atom. The fourth-order valence-corrected chi connectivity index (χ4v) is 3.18. The summed E-state index contributed by atoms with van der Waals surface area (Å²) in [6, 6.07) is 0. The van der Waals surface area contributed by atoms with E-state index in [1.54, 1.807) is 6.33 Å². The average molecular weight is 260 g/mol. The minimum Gasteiger partial charge on any atom is -0.369 e. The lowest BCUT2D eigenvalue weighted by Crippen LogP contribution is -2.39. The molecule has 0 amide bonds. The van der Waals surface area contributed by atoms with Crippen molar-refractivity contribution in [3.05, 3.63) is 17.6 Å². The maximum atomic E-state index is 4.47. The Hall–Kier alpha value is -1.16. The summed E-state index contributed by atoms with van der Waals surface area (Å²) in [6.07, 6.45) is 9.01. The van der Waals surface area contributed by atoms with E-state index in [9.17, 15) is 0 Å². The number of hydrogen-bond donors (Lipinski definition) is 2. The number of nitrogens with zero attached hydrogens (tertiary/aromatic N) is 2. The molecule has 0 atom stereocenters. The van der Waals surface area contributed by atoms with Crippen molar-refractivity contribution in [3.63, 3.8) is 0 Å². The molecule has 2 heterocycles. The van der Waals surface area contributed by atoms with E-state index < -0.39 is 0 Å². The van der Waals surface area contributed by atoms with Crippen molar-refractivity contribution in [1.29, 1.82) is 0 Å². The van der Waals surface area contributed by atoms with Gasteiger partial charge in [-0.2, -0.15) is 0 Å². The van der Waals surface area contributed by atoms with Gasteiger partial charge in [-0.3, -0.25) is 0 Å². The van der Waals surface area contributed by atoms with Crippen LogP contribution in [-0.2, 0) is 12.8 Å². The van der Waals surface area contributed by atoms with Gasteiger partial charge in [0.05, 0.1) is 0 Å². The van der Waals surface area contributed by atoms with Gasteiger partial charge < -0.3 is 10.6 Å². The van der Waals surface area contributed by atoms with Crippen molar-refractivity contribution >= 4 is 5.82 Å². The third kappa shape index (κ3) is 2.89. The highest BCUT2D eigenvalue weighted by atomic mass is 15.0. The quantitative estimate of drug-likeness (QED) is 0.874. The first kappa shape index (κ1) is 12.9. The third-order valence-electron chi connectivity index (χ3n) is 4.62. The molecule has 0 aromatic carbocycles. The van der Waals surface area contributed by atoms with Crippen molar-refractivity contribution < 1.29 is 0 Å². The summed E-state index contributed by atoms with van der Waals surface area (Å²) < 4.78 is 0. The maximum Gasteiger partial charge on any atom is 0.132 e. The first-order valence-electron chi connectivity index (χ1n) is 7.54. The van der Waals surface area contributed by atoms with Gasteiger partial charge in [-0.25, -0.2) is 9.97 Å². The minimum atomic E-state index is 0.401. The van der Waals surface area contributed by atoms with Crippen molar-refractivity contribution in [2.24, 2.45) is 5.41 Å². The second-order valence-electron chi connectivity index (χ2n) is 6.27. The lowest BCUT2D eigenvalue weighted by Gasteiger charge is -2.34. The highest BCUT2D eigenvalue weighted by molar-refractivity contribution is 5.47. The highest BCUT2D eigenvalue weighted by Gasteiger charge is 2.27. The summed E-state index contributed by atoms with van der Waals surface area (Å²) in [5.74, 6) is 1.09. The molecule has 1 aliphatic heterocycles. The number of piperidine rings is 1. The molecule has 1 aliphatic carbocycles. The molecule has 0 bridgehead atoms. The Bertz CT molecular complexity index is 438. The van der Waals surface area contributed by atoms with Crippen LogP contribution in [0.1, 0.15) is 43.9 Å². The lowest BCUT2D eigenvalue weighted by molar-refractivity contribution is 0.247. The number of aryl methyl sites for hydroxylation is 1. The van der Waals surface area contributed by atoms with E-state index in [-0.39, 0.29) is 0 Å². The normalized spacial score (nSPS) is 21.7. The molecule has 2 aliphatic rings. The summed E-state index contributed by atoms with van der Waals surface area (Å²) in [4.78, 5) is 8.90. The fraction of sp³-hybridized carbons (Fsp3) is 0.733. The predicted octanol–water partition coefficient (Wildman–Crippen LogP) is 2.16. The molecule has 4 nitrogen and oxygen atoms in total. The Labute approximate surface area is 115 Å². The van der Waals surface area contributed by atoms with Crippen LogP contribution in [-0.4, -0.2) is 29.6 Å². The van der Waals surface area contributed by atoms with Gasteiger partial charge in [-0.1, -0.05) is 6.92 Å². The molecule has 0 unspecified atom stereocenters. The lowest BCUT2D eigenvalue weighted by atomic mass is 9.81. The second kappa shape index (κ2) is 5.45. The molecule has 0 saturated carbocycles. The Kier molecular flexibility index (Phi) is 3.69. The van der Waals surface area contributed by atoms with Gasteiger partial charge in [0.1, 0.15) is 12.1 Å². The third-order valence-corrected chi connectivity index (χ3v) is 4.62. The molecule has 0 spiro atoms. The van der Waals surface area contributed by atoms with Gasteiger partial charge in [0, 0.05) is 17.8 Å². The van der Waals surface area contributed by atoms with Crippen LogP contribution in [0.15, 0.2) is 6.33 Å². The van der Waals surface area contributed by atoms with E-state index in [4.69, 9.17) is 0 Å². The molecule has 2 N–H and O–H groups in total. The molecule has 1 fully saturated rings. The smallest absolute Gasteiger partial charge is 0.132 e. The number of anilines is 1. The van der Waals surface area contributed by atoms with Crippen LogP contribution < -0.4 is 10.6 Å². The van der Waals surface area contributed by atoms with Gasteiger partial charge >= 0.3 is 0 Å². The first-order valence-corrected chi connectivity index (χ1v) is 7.54. The van der Waals surface area contributed by atoms with Crippen molar-refractivity contribution in [2.75, 3.05) is 25.0 Å². The Morgan fingerprint density at radius 2 is 2.00 bits per heavy atom. The summed E-state index contributed by atoms with van der Waals surface area (Å²) in [7, 11) is 0. The molecular formula is C15H24N4. The average Bonchev–Trinajstić information content (AvgIpc) is 2.46. The molecule has 19 heavy (non-hydrogen) atoms. The number of hydrogen-bond acceptors (Lipinski definition) is 4. The maximum absolute atomic E-state index is 4.47. The van der Waals surface area contributed by atoms with Crippen LogP contribution in [0.4, 0.5) is 5.82 Å². The number of nitrogens with one attached hydrogen (secondary N) is 2. The zero-order valence-corrected chi connectivity index (χ0v) is 11.8. The van der Waals surface area contributed by atoms with Crippen molar-refractivity contribution in [3.8, 4) is 0 Å². The van der Waals surface area contributed by atoms with E-state index in [2.05, 4.69) is 27.5 Å². The summed E-state index contributed by atoms with van der Waals surface area (Å²) >= 11 is 0. The van der Waals surface area contributed by atoms with Crippen LogP contribution in [0.5, 0.6) is 0 Å². The highest BCUT2D eigenvalue weighted by Crippen LogP contribution is 2.30. The Balaban J connectivity index is 1.69. The Morgan fingerprint density at radius 1 is 1.21 bits per heavy atom. The van der Waals surface area contributed by atoms with Gasteiger partial charge in [-0.05, 0) is 57.0 Å². The van der Waals surface area contributed by atoms with Gasteiger partial charge in [-0.15, -0.1) is 0 Å². The molecule has 3 rings (SSSR count). The van der Waals surface area contributed by atoms with Gasteiger partial charge in [0.2, 0.25) is 0 Å². The first-order chi connectivity index (χ1) is 9.27. The summed E-state index contributed by atoms with van der Waals surface area (Å²) in [6.45, 7) is 5.69. The summed E-state index contributed by atoms with van der Waals surface area (Å²) in [5, 5.41) is 7.04. The van der Waals surface area contributed by atoms with Crippen LogP contribution >= 0.6 is 0 Å². The van der Waals surface area contributed by atoms with E-state index >= 15 is 0 Å². The van der Waals surface area contributed by atoms with Crippen molar-refractivity contribution in [2.45, 2.75) is 45.4 Å².